The molecule has 0 spiro atoms. The van der Waals surface area contributed by atoms with E-state index in [1.54, 1.807) is 14.2 Å². The highest BCUT2D eigenvalue weighted by Crippen LogP contribution is 2.30. The second-order valence-electron chi connectivity index (χ2n) is 5.04. The van der Waals surface area contributed by atoms with Crippen LogP contribution in [-0.4, -0.2) is 53.1 Å². The van der Waals surface area contributed by atoms with Crippen LogP contribution in [-0.2, 0) is 14.3 Å². The zero-order valence-corrected chi connectivity index (χ0v) is 14.1. The molecule has 0 aliphatic carbocycles. The second-order valence-corrected chi connectivity index (χ2v) is 5.04. The number of amides is 1. The van der Waals surface area contributed by atoms with Crippen molar-refractivity contribution in [2.75, 3.05) is 41.2 Å². The van der Waals surface area contributed by atoms with Gasteiger partial charge in [-0.2, -0.15) is 0 Å². The molecule has 23 heavy (non-hydrogen) atoms. The van der Waals surface area contributed by atoms with Gasteiger partial charge in [0.25, 0.3) is 0 Å². The Bertz CT molecular complexity index is 495. The zero-order valence-electron chi connectivity index (χ0n) is 14.1. The maximum atomic E-state index is 11.9. The minimum Gasteiger partial charge on any atom is -0.493 e. The van der Waals surface area contributed by atoms with E-state index in [2.05, 4.69) is 5.32 Å². The van der Waals surface area contributed by atoms with Crippen molar-refractivity contribution in [2.24, 2.45) is 5.73 Å². The Morgan fingerprint density at radius 1 is 1.17 bits per heavy atom. The summed E-state index contributed by atoms with van der Waals surface area (Å²) < 4.78 is 20.7. The maximum Gasteiger partial charge on any atom is 0.239 e. The summed E-state index contributed by atoms with van der Waals surface area (Å²) in [5.41, 5.74) is 6.60. The largest absolute Gasteiger partial charge is 0.493 e. The third-order valence-electron chi connectivity index (χ3n) is 3.27. The van der Waals surface area contributed by atoms with Gasteiger partial charge in [-0.05, 0) is 24.6 Å². The van der Waals surface area contributed by atoms with Crippen molar-refractivity contribution in [3.8, 4) is 11.5 Å². The number of hydrogen-bond donors (Lipinski definition) is 2. The normalized spacial score (nSPS) is 13.3. The summed E-state index contributed by atoms with van der Waals surface area (Å²) in [6.07, 6.45) is 0. The smallest absolute Gasteiger partial charge is 0.239 e. The number of benzene rings is 1. The number of rotatable bonds is 10. The number of carbonyl (C=O) groups excluding carboxylic acids is 1. The highest BCUT2D eigenvalue weighted by molar-refractivity contribution is 5.82. The Hall–Kier alpha value is -1.83. The van der Waals surface area contributed by atoms with Crippen LogP contribution in [0.25, 0.3) is 0 Å². The van der Waals surface area contributed by atoms with Crippen LogP contribution in [0.15, 0.2) is 18.2 Å². The first-order valence-corrected chi connectivity index (χ1v) is 7.38. The Morgan fingerprint density at radius 2 is 1.91 bits per heavy atom. The number of nitrogens with two attached hydrogens (primary N) is 1. The summed E-state index contributed by atoms with van der Waals surface area (Å²) in [4.78, 5) is 11.9. The second kappa shape index (κ2) is 10.0. The molecular weight excluding hydrogens is 300 g/mol. The molecule has 130 valence electrons. The van der Waals surface area contributed by atoms with E-state index >= 15 is 0 Å². The van der Waals surface area contributed by atoms with Crippen LogP contribution in [0.5, 0.6) is 11.5 Å². The van der Waals surface area contributed by atoms with Gasteiger partial charge in [0.1, 0.15) is 12.6 Å². The molecule has 0 saturated carbocycles. The first-order valence-electron chi connectivity index (χ1n) is 7.38. The number of nitrogens with one attached hydrogen (secondary N) is 1. The first-order chi connectivity index (χ1) is 11.0. The van der Waals surface area contributed by atoms with Crippen LogP contribution >= 0.6 is 0 Å². The van der Waals surface area contributed by atoms with E-state index in [1.807, 2.05) is 25.1 Å². The predicted molar refractivity (Wildman–Crippen MR) is 86.8 cm³/mol. The van der Waals surface area contributed by atoms with E-state index in [-0.39, 0.29) is 18.6 Å². The SMILES string of the molecule is COCCOc1ccc(C(C)NC(=O)C(N)COC)cc1OC. The van der Waals surface area contributed by atoms with Gasteiger partial charge in [-0.25, -0.2) is 0 Å². The molecule has 1 rings (SSSR count). The average Bonchev–Trinajstić information content (AvgIpc) is 2.55. The molecule has 0 fully saturated rings. The Labute approximate surface area is 137 Å². The predicted octanol–water partition coefficient (Wildman–Crippen LogP) is 0.871. The first kappa shape index (κ1) is 19.2. The summed E-state index contributed by atoms with van der Waals surface area (Å²) in [5.74, 6) is 0.961. The summed E-state index contributed by atoms with van der Waals surface area (Å²) in [7, 11) is 4.69. The lowest BCUT2D eigenvalue weighted by Crippen LogP contribution is -2.44. The van der Waals surface area contributed by atoms with Crippen molar-refractivity contribution in [2.45, 2.75) is 19.0 Å². The molecular formula is C16H26N2O5. The number of hydrogen-bond acceptors (Lipinski definition) is 6. The molecule has 0 radical (unpaired) electrons. The van der Waals surface area contributed by atoms with Crippen molar-refractivity contribution in [1.29, 1.82) is 0 Å². The summed E-state index contributed by atoms with van der Waals surface area (Å²) >= 11 is 0. The zero-order chi connectivity index (χ0) is 17.2. The monoisotopic (exact) mass is 326 g/mol. The van der Waals surface area contributed by atoms with Gasteiger partial charge in [0.15, 0.2) is 11.5 Å². The quantitative estimate of drug-likeness (QED) is 0.620. The molecule has 2 unspecified atom stereocenters. The molecule has 3 N–H and O–H groups in total. The molecule has 2 atom stereocenters. The number of ether oxygens (including phenoxy) is 4. The van der Waals surface area contributed by atoms with E-state index in [4.69, 9.17) is 24.7 Å². The van der Waals surface area contributed by atoms with Crippen LogP contribution in [0.1, 0.15) is 18.5 Å². The fraction of sp³-hybridized carbons (Fsp3) is 0.562. The van der Waals surface area contributed by atoms with Crippen LogP contribution in [0.2, 0.25) is 0 Å². The summed E-state index contributed by atoms with van der Waals surface area (Å²) in [5, 5.41) is 2.84. The summed E-state index contributed by atoms with van der Waals surface area (Å²) in [6.45, 7) is 2.98. The minimum absolute atomic E-state index is 0.175. The van der Waals surface area contributed by atoms with E-state index < -0.39 is 6.04 Å². The van der Waals surface area contributed by atoms with Crippen LogP contribution in [0.4, 0.5) is 0 Å². The minimum atomic E-state index is -0.694. The molecule has 0 saturated heterocycles. The van der Waals surface area contributed by atoms with Crippen molar-refractivity contribution in [3.63, 3.8) is 0 Å². The molecule has 1 amide bonds. The van der Waals surface area contributed by atoms with Gasteiger partial charge in [0.2, 0.25) is 5.91 Å². The van der Waals surface area contributed by atoms with E-state index in [1.165, 1.54) is 7.11 Å². The van der Waals surface area contributed by atoms with Crippen molar-refractivity contribution >= 4 is 5.91 Å². The standard InChI is InChI=1S/C16H26N2O5/c1-11(18-16(19)13(17)10-21-3)12-5-6-14(15(9-12)22-4)23-8-7-20-2/h5-6,9,11,13H,7-8,10,17H2,1-4H3,(H,18,19). The fourth-order valence-electron chi connectivity index (χ4n) is 1.97. The van der Waals surface area contributed by atoms with Gasteiger partial charge in [-0.1, -0.05) is 6.07 Å². The van der Waals surface area contributed by atoms with Crippen LogP contribution in [0, 0.1) is 0 Å². The van der Waals surface area contributed by atoms with Gasteiger partial charge in [0, 0.05) is 14.2 Å². The number of methoxy groups -OCH3 is 3. The van der Waals surface area contributed by atoms with E-state index in [0.29, 0.717) is 24.7 Å². The van der Waals surface area contributed by atoms with Crippen molar-refractivity contribution < 1.29 is 23.7 Å². The lowest BCUT2D eigenvalue weighted by Gasteiger charge is -2.19. The third kappa shape index (κ3) is 6.05. The van der Waals surface area contributed by atoms with Crippen LogP contribution in [0.3, 0.4) is 0 Å². The van der Waals surface area contributed by atoms with E-state index in [0.717, 1.165) is 5.56 Å². The lowest BCUT2D eigenvalue weighted by molar-refractivity contribution is -0.124. The molecule has 7 heteroatoms. The molecule has 0 aliphatic heterocycles. The summed E-state index contributed by atoms with van der Waals surface area (Å²) in [6, 6.07) is 4.60. The molecule has 0 aromatic heterocycles. The van der Waals surface area contributed by atoms with Gasteiger partial charge in [-0.3, -0.25) is 4.79 Å². The molecule has 0 aliphatic rings. The van der Waals surface area contributed by atoms with Gasteiger partial charge < -0.3 is 30.0 Å². The Balaban J connectivity index is 2.74. The molecule has 1 aromatic rings. The van der Waals surface area contributed by atoms with Crippen molar-refractivity contribution in [3.05, 3.63) is 23.8 Å². The number of carbonyl (C=O) groups is 1. The Morgan fingerprint density at radius 3 is 2.52 bits per heavy atom. The molecule has 7 nitrogen and oxygen atoms in total. The fourth-order valence-corrected chi connectivity index (χ4v) is 1.97. The molecule has 0 bridgehead atoms. The van der Waals surface area contributed by atoms with Gasteiger partial charge in [0.05, 0.1) is 26.4 Å². The third-order valence-corrected chi connectivity index (χ3v) is 3.27. The maximum absolute atomic E-state index is 11.9. The van der Waals surface area contributed by atoms with Crippen molar-refractivity contribution in [1.82, 2.24) is 5.32 Å². The Kier molecular flexibility index (Phi) is 8.39. The van der Waals surface area contributed by atoms with Gasteiger partial charge >= 0.3 is 0 Å². The van der Waals surface area contributed by atoms with Gasteiger partial charge in [-0.15, -0.1) is 0 Å². The molecule has 1 aromatic carbocycles. The highest BCUT2D eigenvalue weighted by atomic mass is 16.5. The topological polar surface area (TPSA) is 92.0 Å². The van der Waals surface area contributed by atoms with Crippen LogP contribution < -0.4 is 20.5 Å². The highest BCUT2D eigenvalue weighted by Gasteiger charge is 2.17. The average molecular weight is 326 g/mol. The van der Waals surface area contributed by atoms with E-state index in [9.17, 15) is 4.79 Å². The lowest BCUT2D eigenvalue weighted by atomic mass is 10.1. The molecule has 0 heterocycles.